The van der Waals surface area contributed by atoms with Crippen molar-refractivity contribution in [1.82, 2.24) is 9.78 Å². The van der Waals surface area contributed by atoms with E-state index in [1.807, 2.05) is 55.5 Å². The minimum absolute atomic E-state index is 0.0154. The molecule has 3 unspecified atom stereocenters. The molecule has 5 rings (SSSR count). The van der Waals surface area contributed by atoms with Crippen LogP contribution in [0.15, 0.2) is 79.0 Å². The van der Waals surface area contributed by atoms with E-state index < -0.39 is 0 Å². The maximum atomic E-state index is 13.3. The molecule has 3 aromatic carbocycles. The number of hydrogen-bond acceptors (Lipinski definition) is 3. The fourth-order valence-electron chi connectivity index (χ4n) is 4.23. The number of hydrogen-bond donors (Lipinski definition) is 1. The van der Waals surface area contributed by atoms with Crippen molar-refractivity contribution in [3.63, 3.8) is 0 Å². The molecule has 150 valence electrons. The maximum Gasteiger partial charge on any atom is 0.232 e. The third-order valence-corrected chi connectivity index (χ3v) is 5.89. The zero-order valence-corrected chi connectivity index (χ0v) is 16.4. The monoisotopic (exact) mass is 400 g/mol. The summed E-state index contributed by atoms with van der Waals surface area (Å²) in [6, 6.07) is 21.4. The molecule has 0 bridgehead atoms. The summed E-state index contributed by atoms with van der Waals surface area (Å²) in [5.74, 6) is -0.545. The molecule has 1 aromatic heterocycles. The third kappa shape index (κ3) is 2.88. The lowest BCUT2D eigenvalue weighted by Gasteiger charge is -2.27. The first-order valence-corrected chi connectivity index (χ1v) is 9.92. The summed E-state index contributed by atoms with van der Waals surface area (Å²) in [6.45, 7) is 1.88. The fourth-order valence-corrected chi connectivity index (χ4v) is 4.23. The van der Waals surface area contributed by atoms with Crippen LogP contribution in [-0.4, -0.2) is 21.7 Å². The molecule has 4 aromatic rings. The van der Waals surface area contributed by atoms with Gasteiger partial charge >= 0.3 is 0 Å². The molecule has 0 aliphatic carbocycles. The van der Waals surface area contributed by atoms with Crippen LogP contribution in [0.4, 0.5) is 10.1 Å². The van der Waals surface area contributed by atoms with Crippen molar-refractivity contribution in [2.45, 2.75) is 19.0 Å². The molecule has 0 saturated carbocycles. The molecule has 1 amide bonds. The number of rotatable bonds is 3. The van der Waals surface area contributed by atoms with Crippen LogP contribution in [0.1, 0.15) is 18.5 Å². The van der Waals surface area contributed by atoms with Gasteiger partial charge in [0.25, 0.3) is 0 Å². The second-order valence-electron chi connectivity index (χ2n) is 7.71. The van der Waals surface area contributed by atoms with E-state index in [1.54, 1.807) is 27.9 Å². The predicted molar refractivity (Wildman–Crippen MR) is 115 cm³/mol. The van der Waals surface area contributed by atoms with Crippen LogP contribution in [-0.2, 0) is 4.79 Å². The first-order valence-electron chi connectivity index (χ1n) is 9.92. The highest BCUT2D eigenvalue weighted by atomic mass is 19.1. The number of carbonyl (C=O) groups excluding carboxylic acids is 1. The number of nitrogens with zero attached hydrogens (tertiary/aromatic N) is 3. The number of halogens is 1. The number of benzene rings is 3. The van der Waals surface area contributed by atoms with E-state index in [0.717, 1.165) is 27.8 Å². The first-order chi connectivity index (χ1) is 14.5. The van der Waals surface area contributed by atoms with Crippen LogP contribution in [0.5, 0.6) is 0 Å². The van der Waals surface area contributed by atoms with Gasteiger partial charge in [0.05, 0.1) is 29.4 Å². The SMILES string of the molecule is CC1C(=O)N(c2ccc3c(cnn3-c3ccc(F)cc3)c2)C(c2ccccc2)C1N. The van der Waals surface area contributed by atoms with Crippen LogP contribution in [0.2, 0.25) is 0 Å². The van der Waals surface area contributed by atoms with E-state index in [-0.39, 0.29) is 29.7 Å². The van der Waals surface area contributed by atoms with Crippen molar-refractivity contribution >= 4 is 22.5 Å². The van der Waals surface area contributed by atoms with Crippen LogP contribution >= 0.6 is 0 Å². The second kappa shape index (κ2) is 7.07. The molecule has 0 radical (unpaired) electrons. The zero-order chi connectivity index (χ0) is 20.8. The van der Waals surface area contributed by atoms with E-state index in [0.29, 0.717) is 0 Å². The van der Waals surface area contributed by atoms with Crippen molar-refractivity contribution in [1.29, 1.82) is 0 Å². The summed E-state index contributed by atoms with van der Waals surface area (Å²) < 4.78 is 15.0. The summed E-state index contributed by atoms with van der Waals surface area (Å²) in [5.41, 5.74) is 9.93. The first kappa shape index (κ1) is 18.5. The van der Waals surface area contributed by atoms with Crippen LogP contribution in [0, 0.1) is 11.7 Å². The van der Waals surface area contributed by atoms with E-state index in [1.165, 1.54) is 12.1 Å². The van der Waals surface area contributed by atoms with Gasteiger partial charge in [0.1, 0.15) is 5.82 Å². The Morgan fingerprint density at radius 1 is 0.967 bits per heavy atom. The second-order valence-corrected chi connectivity index (χ2v) is 7.71. The van der Waals surface area contributed by atoms with E-state index >= 15 is 0 Å². The Hall–Kier alpha value is -3.51. The third-order valence-electron chi connectivity index (χ3n) is 5.89. The van der Waals surface area contributed by atoms with Crippen molar-refractivity contribution in [2.24, 2.45) is 11.7 Å². The molecule has 6 heteroatoms. The van der Waals surface area contributed by atoms with Gasteiger partial charge in [0.15, 0.2) is 0 Å². The summed E-state index contributed by atoms with van der Waals surface area (Å²) in [5, 5.41) is 5.35. The number of amides is 1. The molecular weight excluding hydrogens is 379 g/mol. The predicted octanol–water partition coefficient (Wildman–Crippen LogP) is 4.22. The Kier molecular flexibility index (Phi) is 4.37. The van der Waals surface area contributed by atoms with E-state index in [9.17, 15) is 9.18 Å². The minimum atomic E-state index is -0.294. The number of aromatic nitrogens is 2. The maximum absolute atomic E-state index is 13.3. The number of fused-ring (bicyclic) bond motifs is 1. The van der Waals surface area contributed by atoms with Gasteiger partial charge in [-0.15, -0.1) is 0 Å². The molecule has 3 atom stereocenters. The molecule has 2 heterocycles. The normalized spacial score (nSPS) is 21.5. The lowest BCUT2D eigenvalue weighted by molar-refractivity contribution is -0.120. The molecule has 1 fully saturated rings. The molecule has 0 spiro atoms. The van der Waals surface area contributed by atoms with Gasteiger partial charge < -0.3 is 10.6 Å². The van der Waals surface area contributed by atoms with Crippen molar-refractivity contribution in [3.8, 4) is 5.69 Å². The van der Waals surface area contributed by atoms with Gasteiger partial charge in [-0.1, -0.05) is 37.3 Å². The van der Waals surface area contributed by atoms with Gasteiger partial charge in [0, 0.05) is 17.1 Å². The summed E-state index contributed by atoms with van der Waals surface area (Å²) in [4.78, 5) is 14.9. The van der Waals surface area contributed by atoms with Gasteiger partial charge in [-0.05, 0) is 48.0 Å². The largest absolute Gasteiger partial charge is 0.325 e. The van der Waals surface area contributed by atoms with Gasteiger partial charge in [-0.25, -0.2) is 9.07 Å². The highest BCUT2D eigenvalue weighted by Gasteiger charge is 2.45. The quantitative estimate of drug-likeness (QED) is 0.560. The van der Waals surface area contributed by atoms with Crippen molar-refractivity contribution in [2.75, 3.05) is 4.90 Å². The number of anilines is 1. The molecule has 1 aliphatic rings. The Morgan fingerprint density at radius 2 is 1.67 bits per heavy atom. The molecule has 1 aliphatic heterocycles. The average Bonchev–Trinajstić information content (AvgIpc) is 3.29. The topological polar surface area (TPSA) is 64.2 Å². The molecule has 5 nitrogen and oxygen atoms in total. The standard InChI is InChI=1S/C24H21FN4O/c1-15-22(26)23(16-5-3-2-4-6-16)28(24(15)30)20-11-12-21-17(13-20)14-27-29(21)19-9-7-18(25)8-10-19/h2-15,22-23H,26H2,1H3. The zero-order valence-electron chi connectivity index (χ0n) is 16.4. The molecule has 30 heavy (non-hydrogen) atoms. The molecule has 2 N–H and O–H groups in total. The Bertz CT molecular complexity index is 1220. The fraction of sp³-hybridized carbons (Fsp3) is 0.167. The minimum Gasteiger partial charge on any atom is -0.325 e. The van der Waals surface area contributed by atoms with Crippen LogP contribution in [0.25, 0.3) is 16.6 Å². The lowest BCUT2D eigenvalue weighted by atomic mass is 9.95. The summed E-state index contributed by atoms with van der Waals surface area (Å²) in [7, 11) is 0. The lowest BCUT2D eigenvalue weighted by Crippen LogP contribution is -2.33. The molecule has 1 saturated heterocycles. The highest BCUT2D eigenvalue weighted by Crippen LogP contribution is 2.40. The summed E-state index contributed by atoms with van der Waals surface area (Å²) >= 11 is 0. The Balaban J connectivity index is 1.58. The highest BCUT2D eigenvalue weighted by molar-refractivity contribution is 6.00. The summed E-state index contributed by atoms with van der Waals surface area (Å²) in [6.07, 6.45) is 1.75. The number of carbonyl (C=O) groups is 1. The smallest absolute Gasteiger partial charge is 0.232 e. The Morgan fingerprint density at radius 3 is 2.40 bits per heavy atom. The van der Waals surface area contributed by atoms with Gasteiger partial charge in [-0.2, -0.15) is 5.10 Å². The van der Waals surface area contributed by atoms with Crippen LogP contribution < -0.4 is 10.6 Å². The average molecular weight is 400 g/mol. The molecular formula is C24H21FN4O. The van der Waals surface area contributed by atoms with Gasteiger partial charge in [0.2, 0.25) is 5.91 Å². The van der Waals surface area contributed by atoms with E-state index in [2.05, 4.69) is 5.10 Å². The number of nitrogens with two attached hydrogens (primary N) is 1. The van der Waals surface area contributed by atoms with Crippen LogP contribution in [0.3, 0.4) is 0 Å². The van der Waals surface area contributed by atoms with E-state index in [4.69, 9.17) is 5.73 Å². The van der Waals surface area contributed by atoms with Crippen molar-refractivity contribution in [3.05, 3.63) is 90.4 Å². The van der Waals surface area contributed by atoms with Gasteiger partial charge in [-0.3, -0.25) is 4.79 Å². The Labute approximate surface area is 173 Å². The van der Waals surface area contributed by atoms with Crippen molar-refractivity contribution < 1.29 is 9.18 Å².